The van der Waals surface area contributed by atoms with E-state index in [1.807, 2.05) is 0 Å². The Morgan fingerprint density at radius 3 is 2.30 bits per heavy atom. The van der Waals surface area contributed by atoms with Gasteiger partial charge in [0, 0.05) is 13.6 Å². The molecule has 0 bridgehead atoms. The highest BCUT2D eigenvalue weighted by Gasteiger charge is 2.35. The first kappa shape index (κ1) is 16.0. The number of nitrogens with two attached hydrogens (primary N) is 1. The molecule has 1 rings (SSSR count). The summed E-state index contributed by atoms with van der Waals surface area (Å²) in [6, 6.07) is 0. The lowest BCUT2D eigenvalue weighted by atomic mass is 9.82. The number of aliphatic carboxylic acids is 1. The van der Waals surface area contributed by atoms with Crippen LogP contribution in [-0.2, 0) is 11.8 Å². The van der Waals surface area contributed by atoms with Crippen molar-refractivity contribution >= 4 is 17.7 Å². The van der Waals surface area contributed by atoms with E-state index in [4.69, 9.17) is 5.73 Å². The van der Waals surface area contributed by atoms with Gasteiger partial charge in [-0.25, -0.2) is 0 Å². The Morgan fingerprint density at radius 1 is 1.40 bits per heavy atom. The fourth-order valence-corrected chi connectivity index (χ4v) is 2.17. The largest absolute Gasteiger partial charge is 0.481 e. The van der Waals surface area contributed by atoms with Crippen molar-refractivity contribution in [1.82, 2.24) is 15.1 Å². The van der Waals surface area contributed by atoms with Crippen molar-refractivity contribution < 1.29 is 14.7 Å². The van der Waals surface area contributed by atoms with Crippen LogP contribution >= 0.6 is 0 Å². The zero-order chi connectivity index (χ0) is 15.5. The predicted octanol–water partition coefficient (Wildman–Crippen LogP) is 0.932. The third-order valence-corrected chi connectivity index (χ3v) is 3.89. The molecular formula is C13H22N4O3. The Balaban J connectivity index is 2.89. The summed E-state index contributed by atoms with van der Waals surface area (Å²) in [5, 5.41) is 16.1. The van der Waals surface area contributed by atoms with E-state index in [0.29, 0.717) is 24.1 Å². The average Bonchev–Trinajstić information content (AvgIpc) is 2.64. The zero-order valence-corrected chi connectivity index (χ0v) is 12.4. The molecule has 0 aliphatic rings. The van der Waals surface area contributed by atoms with Gasteiger partial charge in [0.25, 0.3) is 5.91 Å². The Labute approximate surface area is 118 Å². The molecule has 1 amide bonds. The van der Waals surface area contributed by atoms with Gasteiger partial charge in [-0.3, -0.25) is 14.3 Å². The van der Waals surface area contributed by atoms with E-state index < -0.39 is 11.4 Å². The first-order valence-corrected chi connectivity index (χ1v) is 6.59. The minimum Gasteiger partial charge on any atom is -0.481 e. The Hall–Kier alpha value is -2.05. The van der Waals surface area contributed by atoms with E-state index in [1.54, 1.807) is 27.8 Å². The topological polar surface area (TPSA) is 110 Å². The third kappa shape index (κ3) is 2.76. The Bertz CT molecular complexity index is 518. The number of carboxylic acids is 1. The normalized spacial score (nSPS) is 11.4. The molecule has 112 valence electrons. The van der Waals surface area contributed by atoms with Gasteiger partial charge in [0.05, 0.1) is 11.1 Å². The first-order valence-electron chi connectivity index (χ1n) is 6.59. The average molecular weight is 282 g/mol. The van der Waals surface area contributed by atoms with Crippen LogP contribution in [0.1, 0.15) is 42.7 Å². The molecule has 0 atom stereocenters. The highest BCUT2D eigenvalue weighted by Crippen LogP contribution is 2.26. The fraction of sp³-hybridized carbons (Fsp3) is 0.615. The number of amides is 1. The molecule has 0 saturated carbocycles. The lowest BCUT2D eigenvalue weighted by Gasteiger charge is -2.26. The maximum atomic E-state index is 12.2. The molecular weight excluding hydrogens is 260 g/mol. The number of nitrogens with one attached hydrogen (secondary N) is 1. The lowest BCUT2D eigenvalue weighted by molar-refractivity contribution is -0.149. The van der Waals surface area contributed by atoms with Gasteiger partial charge in [0.1, 0.15) is 11.4 Å². The van der Waals surface area contributed by atoms with Crippen LogP contribution in [-0.4, -0.2) is 33.3 Å². The number of rotatable bonds is 6. The van der Waals surface area contributed by atoms with E-state index in [-0.39, 0.29) is 18.3 Å². The quantitative estimate of drug-likeness (QED) is 0.719. The smallest absolute Gasteiger partial charge is 0.311 e. The van der Waals surface area contributed by atoms with Crippen LogP contribution in [0, 0.1) is 12.3 Å². The number of hydrogen-bond acceptors (Lipinski definition) is 4. The molecule has 1 heterocycles. The summed E-state index contributed by atoms with van der Waals surface area (Å²) < 4.78 is 1.42. The number of nitrogen functional groups attached to an aromatic ring is 1. The highest BCUT2D eigenvalue weighted by atomic mass is 16.4. The van der Waals surface area contributed by atoms with Crippen LogP contribution in [0.4, 0.5) is 5.82 Å². The van der Waals surface area contributed by atoms with Crippen LogP contribution < -0.4 is 11.1 Å². The lowest BCUT2D eigenvalue weighted by Crippen LogP contribution is -2.42. The summed E-state index contributed by atoms with van der Waals surface area (Å²) in [6.07, 6.45) is 0.890. The molecule has 0 aliphatic heterocycles. The summed E-state index contributed by atoms with van der Waals surface area (Å²) in [5.74, 6) is -1.02. The summed E-state index contributed by atoms with van der Waals surface area (Å²) in [6.45, 7) is 5.36. The number of carboxylic acid groups (broad SMARTS) is 1. The second-order valence-corrected chi connectivity index (χ2v) is 4.94. The van der Waals surface area contributed by atoms with Crippen molar-refractivity contribution in [3.63, 3.8) is 0 Å². The van der Waals surface area contributed by atoms with Crippen molar-refractivity contribution in [3.8, 4) is 0 Å². The molecule has 7 nitrogen and oxygen atoms in total. The molecule has 1 aromatic rings. The van der Waals surface area contributed by atoms with Crippen LogP contribution in [0.5, 0.6) is 0 Å². The van der Waals surface area contributed by atoms with Crippen molar-refractivity contribution in [2.45, 2.75) is 33.6 Å². The maximum Gasteiger partial charge on any atom is 0.311 e. The van der Waals surface area contributed by atoms with Crippen LogP contribution in [0.25, 0.3) is 0 Å². The molecule has 0 radical (unpaired) electrons. The summed E-state index contributed by atoms with van der Waals surface area (Å²) in [7, 11) is 1.65. The van der Waals surface area contributed by atoms with E-state index in [9.17, 15) is 14.7 Å². The standard InChI is InChI=1S/C13H22N4O3/c1-5-13(6-2,12(19)20)7-15-11(18)9-8(3)16-17(4)10(9)14/h5-7,14H2,1-4H3,(H,15,18)(H,19,20). The van der Waals surface area contributed by atoms with Crippen LogP contribution in [0.2, 0.25) is 0 Å². The van der Waals surface area contributed by atoms with E-state index in [2.05, 4.69) is 10.4 Å². The van der Waals surface area contributed by atoms with Crippen LogP contribution in [0.3, 0.4) is 0 Å². The van der Waals surface area contributed by atoms with Gasteiger partial charge >= 0.3 is 5.97 Å². The summed E-state index contributed by atoms with van der Waals surface area (Å²) >= 11 is 0. The number of carbonyl (C=O) groups excluding carboxylic acids is 1. The predicted molar refractivity (Wildman–Crippen MR) is 75.3 cm³/mol. The van der Waals surface area contributed by atoms with Gasteiger partial charge in [-0.05, 0) is 19.8 Å². The second-order valence-electron chi connectivity index (χ2n) is 4.94. The maximum absolute atomic E-state index is 12.2. The summed E-state index contributed by atoms with van der Waals surface area (Å²) in [5.41, 5.74) is 5.68. The molecule has 0 unspecified atom stereocenters. The van der Waals surface area contributed by atoms with Gasteiger partial charge in [0.15, 0.2) is 0 Å². The van der Waals surface area contributed by atoms with Crippen molar-refractivity contribution in [2.24, 2.45) is 12.5 Å². The van der Waals surface area contributed by atoms with Crippen molar-refractivity contribution in [3.05, 3.63) is 11.3 Å². The fourth-order valence-electron chi connectivity index (χ4n) is 2.17. The molecule has 0 fully saturated rings. The van der Waals surface area contributed by atoms with Gasteiger partial charge < -0.3 is 16.2 Å². The number of carbonyl (C=O) groups is 2. The van der Waals surface area contributed by atoms with E-state index >= 15 is 0 Å². The highest BCUT2D eigenvalue weighted by molar-refractivity contribution is 5.99. The van der Waals surface area contributed by atoms with Gasteiger partial charge in [-0.1, -0.05) is 13.8 Å². The minimum atomic E-state index is -0.944. The number of hydrogen-bond donors (Lipinski definition) is 3. The Kier molecular flexibility index (Phi) is 4.75. The number of aryl methyl sites for hydroxylation is 2. The van der Waals surface area contributed by atoms with Crippen LogP contribution in [0.15, 0.2) is 0 Å². The van der Waals surface area contributed by atoms with Crippen molar-refractivity contribution in [1.29, 1.82) is 0 Å². The van der Waals surface area contributed by atoms with Gasteiger partial charge in [0.2, 0.25) is 0 Å². The second kappa shape index (κ2) is 5.94. The molecule has 1 aromatic heterocycles. The van der Waals surface area contributed by atoms with Crippen molar-refractivity contribution in [2.75, 3.05) is 12.3 Å². The molecule has 20 heavy (non-hydrogen) atoms. The number of aromatic nitrogens is 2. The minimum absolute atomic E-state index is 0.0714. The molecule has 0 aliphatic carbocycles. The Morgan fingerprint density at radius 2 is 1.95 bits per heavy atom. The zero-order valence-electron chi connectivity index (χ0n) is 12.4. The third-order valence-electron chi connectivity index (χ3n) is 3.89. The van der Waals surface area contributed by atoms with E-state index in [0.717, 1.165) is 0 Å². The molecule has 4 N–H and O–H groups in total. The van der Waals surface area contributed by atoms with E-state index in [1.165, 1.54) is 4.68 Å². The van der Waals surface area contributed by atoms with Gasteiger partial charge in [-0.15, -0.1) is 0 Å². The molecule has 0 spiro atoms. The molecule has 0 saturated heterocycles. The monoisotopic (exact) mass is 282 g/mol. The SMILES string of the molecule is CCC(CC)(CNC(=O)c1c(C)nn(C)c1N)C(=O)O. The summed E-state index contributed by atoms with van der Waals surface area (Å²) in [4.78, 5) is 23.5. The first-order chi connectivity index (χ1) is 9.29. The number of nitrogens with zero attached hydrogens (tertiary/aromatic N) is 2. The molecule has 7 heteroatoms. The number of anilines is 1. The van der Waals surface area contributed by atoms with Gasteiger partial charge in [-0.2, -0.15) is 5.10 Å². The molecule has 0 aromatic carbocycles.